The van der Waals surface area contributed by atoms with Crippen molar-refractivity contribution in [3.05, 3.63) is 24.0 Å². The number of carbonyl (C=O) groups excluding carboxylic acids is 3. The van der Waals surface area contributed by atoms with E-state index in [1.165, 1.54) is 28.9 Å². The van der Waals surface area contributed by atoms with Crippen LogP contribution in [0.3, 0.4) is 0 Å². The standard InChI is InChI=1S/C19H25FN4O4/c1-13(25)21-11-15-12-24(19(27)28-15)14-6-7-17(16(20)10-14)22(2)18(26)23-8-4-3-5-9-23/h6-7,10,15H,3-5,8-9,11-12H2,1-2H3,(H,21,25). The fourth-order valence-corrected chi connectivity index (χ4v) is 3.43. The van der Waals surface area contributed by atoms with Gasteiger partial charge in [0.2, 0.25) is 5.91 Å². The van der Waals surface area contributed by atoms with Gasteiger partial charge < -0.3 is 15.0 Å². The van der Waals surface area contributed by atoms with E-state index in [-0.39, 0.29) is 30.7 Å². The Bertz CT molecular complexity index is 766. The van der Waals surface area contributed by atoms with E-state index in [4.69, 9.17) is 4.74 Å². The summed E-state index contributed by atoms with van der Waals surface area (Å²) >= 11 is 0. The van der Waals surface area contributed by atoms with Gasteiger partial charge in [-0.15, -0.1) is 0 Å². The number of rotatable bonds is 4. The lowest BCUT2D eigenvalue weighted by Crippen LogP contribution is -2.44. The monoisotopic (exact) mass is 392 g/mol. The highest BCUT2D eigenvalue weighted by Crippen LogP contribution is 2.28. The van der Waals surface area contributed by atoms with Crippen LogP contribution in [0.25, 0.3) is 0 Å². The van der Waals surface area contributed by atoms with E-state index in [2.05, 4.69) is 5.32 Å². The van der Waals surface area contributed by atoms with Gasteiger partial charge in [0.05, 0.1) is 24.5 Å². The van der Waals surface area contributed by atoms with Gasteiger partial charge in [-0.2, -0.15) is 0 Å². The molecule has 2 saturated heterocycles. The number of carbonyl (C=O) groups is 3. The van der Waals surface area contributed by atoms with Gasteiger partial charge in [0.1, 0.15) is 11.9 Å². The summed E-state index contributed by atoms with van der Waals surface area (Å²) in [6.07, 6.45) is 1.92. The van der Waals surface area contributed by atoms with Crippen LogP contribution in [0.5, 0.6) is 0 Å². The van der Waals surface area contributed by atoms with E-state index < -0.39 is 18.0 Å². The topological polar surface area (TPSA) is 82.2 Å². The molecular weight excluding hydrogens is 367 g/mol. The lowest BCUT2D eigenvalue weighted by Gasteiger charge is -2.31. The number of benzene rings is 1. The van der Waals surface area contributed by atoms with Gasteiger partial charge in [-0.25, -0.2) is 14.0 Å². The largest absolute Gasteiger partial charge is 0.442 e. The van der Waals surface area contributed by atoms with Crippen LogP contribution in [0.1, 0.15) is 26.2 Å². The molecule has 2 fully saturated rings. The zero-order chi connectivity index (χ0) is 20.3. The summed E-state index contributed by atoms with van der Waals surface area (Å²) in [5.74, 6) is -0.810. The molecule has 1 aromatic rings. The minimum absolute atomic E-state index is 0.154. The molecule has 8 nitrogen and oxygen atoms in total. The molecule has 0 spiro atoms. The number of piperidine rings is 1. The minimum atomic E-state index is -0.597. The number of urea groups is 1. The third kappa shape index (κ3) is 4.35. The number of hydrogen-bond acceptors (Lipinski definition) is 4. The molecular formula is C19H25FN4O4. The van der Waals surface area contributed by atoms with Gasteiger partial charge in [0.25, 0.3) is 0 Å². The lowest BCUT2D eigenvalue weighted by molar-refractivity contribution is -0.119. The third-order valence-electron chi connectivity index (χ3n) is 4.97. The van der Waals surface area contributed by atoms with Crippen LogP contribution >= 0.6 is 0 Å². The maximum atomic E-state index is 14.7. The van der Waals surface area contributed by atoms with Gasteiger partial charge in [-0.3, -0.25) is 14.6 Å². The lowest BCUT2D eigenvalue weighted by atomic mass is 10.1. The average molecular weight is 392 g/mol. The SMILES string of the molecule is CC(=O)NCC1CN(c2ccc(N(C)C(=O)N3CCCCC3)c(F)c2)C(=O)O1. The Kier molecular flexibility index (Phi) is 6.01. The van der Waals surface area contributed by atoms with Crippen molar-refractivity contribution in [1.29, 1.82) is 0 Å². The molecule has 152 valence electrons. The first kappa shape index (κ1) is 19.9. The van der Waals surface area contributed by atoms with E-state index in [9.17, 15) is 18.8 Å². The molecule has 1 atom stereocenters. The Morgan fingerprint density at radius 2 is 2.00 bits per heavy atom. The fourth-order valence-electron chi connectivity index (χ4n) is 3.43. The van der Waals surface area contributed by atoms with Crippen molar-refractivity contribution in [2.45, 2.75) is 32.3 Å². The molecule has 9 heteroatoms. The normalized spacial score (nSPS) is 19.4. The molecule has 2 aliphatic rings. The van der Waals surface area contributed by atoms with Crippen LogP contribution in [0.15, 0.2) is 18.2 Å². The molecule has 0 aliphatic carbocycles. The van der Waals surface area contributed by atoms with Crippen molar-refractivity contribution >= 4 is 29.4 Å². The predicted octanol–water partition coefficient (Wildman–Crippen LogP) is 2.33. The molecule has 0 aromatic heterocycles. The second-order valence-corrected chi connectivity index (χ2v) is 7.08. The quantitative estimate of drug-likeness (QED) is 0.853. The van der Waals surface area contributed by atoms with Crippen molar-refractivity contribution in [3.63, 3.8) is 0 Å². The number of hydrogen-bond donors (Lipinski definition) is 1. The van der Waals surface area contributed by atoms with Gasteiger partial charge in [-0.1, -0.05) is 0 Å². The number of nitrogens with zero attached hydrogens (tertiary/aromatic N) is 3. The summed E-state index contributed by atoms with van der Waals surface area (Å²) in [6.45, 7) is 3.15. The van der Waals surface area contributed by atoms with Crippen LogP contribution in [-0.4, -0.2) is 62.3 Å². The van der Waals surface area contributed by atoms with Crippen molar-refractivity contribution in [2.24, 2.45) is 0 Å². The number of nitrogens with one attached hydrogen (secondary N) is 1. The van der Waals surface area contributed by atoms with E-state index >= 15 is 0 Å². The van der Waals surface area contributed by atoms with Crippen molar-refractivity contribution < 1.29 is 23.5 Å². The Hall–Kier alpha value is -2.84. The van der Waals surface area contributed by atoms with E-state index in [1.807, 2.05) is 0 Å². The van der Waals surface area contributed by atoms with Gasteiger partial charge in [0.15, 0.2) is 0 Å². The second-order valence-electron chi connectivity index (χ2n) is 7.08. The van der Waals surface area contributed by atoms with Crippen molar-refractivity contribution in [2.75, 3.05) is 43.0 Å². The minimum Gasteiger partial charge on any atom is -0.442 e. The highest BCUT2D eigenvalue weighted by Gasteiger charge is 2.33. The number of cyclic esters (lactones) is 1. The Morgan fingerprint density at radius 3 is 2.64 bits per heavy atom. The van der Waals surface area contributed by atoms with Crippen molar-refractivity contribution in [1.82, 2.24) is 10.2 Å². The number of anilines is 2. The molecule has 0 bridgehead atoms. The van der Waals surface area contributed by atoms with Crippen LogP contribution in [0, 0.1) is 5.82 Å². The Morgan fingerprint density at radius 1 is 1.29 bits per heavy atom. The summed E-state index contributed by atoms with van der Waals surface area (Å²) < 4.78 is 19.9. The smallest absolute Gasteiger partial charge is 0.414 e. The molecule has 2 heterocycles. The molecule has 1 unspecified atom stereocenters. The maximum Gasteiger partial charge on any atom is 0.414 e. The Labute approximate surface area is 163 Å². The highest BCUT2D eigenvalue weighted by atomic mass is 19.1. The molecule has 1 N–H and O–H groups in total. The molecule has 1 aromatic carbocycles. The van der Waals surface area contributed by atoms with Gasteiger partial charge in [0, 0.05) is 27.1 Å². The molecule has 0 radical (unpaired) electrons. The highest BCUT2D eigenvalue weighted by molar-refractivity contribution is 5.93. The average Bonchev–Trinajstić information content (AvgIpc) is 3.06. The zero-order valence-corrected chi connectivity index (χ0v) is 16.1. The first-order valence-electron chi connectivity index (χ1n) is 9.41. The van der Waals surface area contributed by atoms with Crippen molar-refractivity contribution in [3.8, 4) is 0 Å². The summed E-state index contributed by atoms with van der Waals surface area (Å²) in [7, 11) is 1.54. The summed E-state index contributed by atoms with van der Waals surface area (Å²) in [5.41, 5.74) is 0.497. The van der Waals surface area contributed by atoms with Gasteiger partial charge in [-0.05, 0) is 37.5 Å². The number of likely N-dealkylation sites (tertiary alicyclic amines) is 1. The molecule has 0 saturated carbocycles. The van der Waals surface area contributed by atoms with E-state index in [0.717, 1.165) is 19.3 Å². The molecule has 2 aliphatic heterocycles. The van der Waals surface area contributed by atoms with E-state index in [1.54, 1.807) is 18.0 Å². The number of halogens is 1. The second kappa shape index (κ2) is 8.45. The Balaban J connectivity index is 1.69. The summed E-state index contributed by atoms with van der Waals surface area (Å²) in [5, 5.41) is 2.59. The maximum absolute atomic E-state index is 14.7. The third-order valence-corrected chi connectivity index (χ3v) is 4.97. The number of amides is 4. The van der Waals surface area contributed by atoms with Gasteiger partial charge >= 0.3 is 12.1 Å². The van der Waals surface area contributed by atoms with Crippen LogP contribution in [-0.2, 0) is 9.53 Å². The molecule has 28 heavy (non-hydrogen) atoms. The number of ether oxygens (including phenoxy) is 1. The van der Waals surface area contributed by atoms with E-state index in [0.29, 0.717) is 18.8 Å². The first-order chi connectivity index (χ1) is 13.4. The fraction of sp³-hybridized carbons (Fsp3) is 0.526. The van der Waals surface area contributed by atoms with Crippen LogP contribution < -0.4 is 15.1 Å². The summed E-state index contributed by atoms with van der Waals surface area (Å²) in [4.78, 5) is 40.0. The van der Waals surface area contributed by atoms with Crippen LogP contribution in [0.4, 0.5) is 25.4 Å². The van der Waals surface area contributed by atoms with Crippen LogP contribution in [0.2, 0.25) is 0 Å². The zero-order valence-electron chi connectivity index (χ0n) is 16.1. The first-order valence-corrected chi connectivity index (χ1v) is 9.41. The molecule has 3 rings (SSSR count). The summed E-state index contributed by atoms with van der Waals surface area (Å²) in [6, 6.07) is 4.06. The predicted molar refractivity (Wildman–Crippen MR) is 102 cm³/mol. The molecule has 4 amide bonds.